The molecule has 0 aromatic carbocycles. The molecule has 82 valence electrons. The van der Waals surface area contributed by atoms with Crippen LogP contribution in [0, 0.1) is 0 Å². The first-order valence-electron chi connectivity index (χ1n) is 4.68. The lowest BCUT2D eigenvalue weighted by atomic mass is 10.3. The quantitative estimate of drug-likeness (QED) is 0.744. The van der Waals surface area contributed by atoms with Crippen molar-refractivity contribution in [3.8, 4) is 0 Å². The first-order valence-corrected chi connectivity index (χ1v) is 6.50. The number of rotatable bonds is 3. The van der Waals surface area contributed by atoms with Crippen LogP contribution in [0.3, 0.4) is 0 Å². The van der Waals surface area contributed by atoms with Gasteiger partial charge in [-0.25, -0.2) is 13.2 Å². The molecular formula is C8H15NO4S. The van der Waals surface area contributed by atoms with Gasteiger partial charge in [0.2, 0.25) is 0 Å². The van der Waals surface area contributed by atoms with Crippen LogP contribution < -0.4 is 5.32 Å². The summed E-state index contributed by atoms with van der Waals surface area (Å²) in [5.41, 5.74) is 0. The summed E-state index contributed by atoms with van der Waals surface area (Å²) in [6.45, 7) is 2.48. The number of alkyl carbamates (subject to hydrolysis) is 1. The minimum absolute atomic E-state index is 0.0352. The van der Waals surface area contributed by atoms with E-state index in [1.165, 1.54) is 0 Å². The van der Waals surface area contributed by atoms with Crippen LogP contribution in [0.25, 0.3) is 0 Å². The first-order chi connectivity index (χ1) is 6.53. The first kappa shape index (κ1) is 11.3. The highest BCUT2D eigenvalue weighted by molar-refractivity contribution is 7.91. The Morgan fingerprint density at radius 1 is 1.57 bits per heavy atom. The molecule has 14 heavy (non-hydrogen) atoms. The molecule has 1 aliphatic heterocycles. The van der Waals surface area contributed by atoms with Gasteiger partial charge in [-0.15, -0.1) is 0 Å². The molecule has 1 N–H and O–H groups in total. The molecule has 5 nitrogen and oxygen atoms in total. The Balaban J connectivity index is 2.29. The van der Waals surface area contributed by atoms with E-state index in [1.54, 1.807) is 0 Å². The smallest absolute Gasteiger partial charge is 0.407 e. The van der Waals surface area contributed by atoms with E-state index >= 15 is 0 Å². The molecule has 0 radical (unpaired) electrons. The lowest BCUT2D eigenvalue weighted by Crippen LogP contribution is -2.29. The Hall–Kier alpha value is -0.780. The van der Waals surface area contributed by atoms with Crippen LogP contribution in [0.2, 0.25) is 0 Å². The van der Waals surface area contributed by atoms with Gasteiger partial charge < -0.3 is 10.1 Å². The van der Waals surface area contributed by atoms with Crippen molar-refractivity contribution in [1.29, 1.82) is 0 Å². The Morgan fingerprint density at radius 2 is 2.29 bits per heavy atom. The summed E-state index contributed by atoms with van der Waals surface area (Å²) in [6.07, 6.45) is 0.269. The van der Waals surface area contributed by atoms with Crippen molar-refractivity contribution < 1.29 is 17.9 Å². The zero-order valence-corrected chi connectivity index (χ0v) is 8.97. The maximum absolute atomic E-state index is 11.0. The topological polar surface area (TPSA) is 72.5 Å². The minimum Gasteiger partial charge on any atom is -0.445 e. The van der Waals surface area contributed by atoms with E-state index in [0.29, 0.717) is 13.0 Å². The summed E-state index contributed by atoms with van der Waals surface area (Å²) in [5.74, 6) is 0.0886. The van der Waals surface area contributed by atoms with Crippen molar-refractivity contribution in [2.45, 2.75) is 25.9 Å². The number of hydrogen-bond donors (Lipinski definition) is 1. The summed E-state index contributed by atoms with van der Waals surface area (Å²) in [4.78, 5) is 11.0. The fraction of sp³-hybridized carbons (Fsp3) is 0.875. The summed E-state index contributed by atoms with van der Waals surface area (Å²) in [6, 6.07) is 0. The van der Waals surface area contributed by atoms with Crippen molar-refractivity contribution >= 4 is 15.9 Å². The highest BCUT2D eigenvalue weighted by Gasteiger charge is 2.30. The molecule has 1 atom stereocenters. The summed E-state index contributed by atoms with van der Waals surface area (Å²) in [7, 11) is -2.97. The number of nitrogens with one attached hydrogen (secondary N) is 1. The van der Waals surface area contributed by atoms with Crippen molar-refractivity contribution in [3.05, 3.63) is 0 Å². The third-order valence-corrected chi connectivity index (χ3v) is 3.72. The van der Waals surface area contributed by atoms with Crippen LogP contribution in [-0.2, 0) is 14.6 Å². The second-order valence-corrected chi connectivity index (χ2v) is 5.59. The summed E-state index contributed by atoms with van der Waals surface area (Å²) >= 11 is 0. The van der Waals surface area contributed by atoms with Gasteiger partial charge >= 0.3 is 6.09 Å². The van der Waals surface area contributed by atoms with Gasteiger partial charge in [0.05, 0.1) is 11.5 Å². The molecule has 0 aliphatic carbocycles. The van der Waals surface area contributed by atoms with Crippen molar-refractivity contribution in [3.63, 3.8) is 0 Å². The molecule has 1 aliphatic rings. The van der Waals surface area contributed by atoms with E-state index in [9.17, 15) is 13.2 Å². The van der Waals surface area contributed by atoms with Gasteiger partial charge in [-0.05, 0) is 12.8 Å². The van der Waals surface area contributed by atoms with Gasteiger partial charge in [-0.3, -0.25) is 0 Å². The number of amides is 1. The van der Waals surface area contributed by atoms with Crippen LogP contribution in [0.1, 0.15) is 19.8 Å². The normalized spacial score (nSPS) is 24.5. The van der Waals surface area contributed by atoms with Gasteiger partial charge in [-0.2, -0.15) is 0 Å². The van der Waals surface area contributed by atoms with Crippen molar-refractivity contribution in [2.75, 3.05) is 18.1 Å². The monoisotopic (exact) mass is 221 g/mol. The molecule has 1 unspecified atom stereocenters. The third kappa shape index (κ3) is 3.53. The average molecular weight is 221 g/mol. The van der Waals surface area contributed by atoms with Gasteiger partial charge in [0.1, 0.15) is 6.10 Å². The van der Waals surface area contributed by atoms with Gasteiger partial charge in [-0.1, -0.05) is 6.92 Å². The van der Waals surface area contributed by atoms with Crippen LogP contribution in [0.4, 0.5) is 4.79 Å². The summed E-state index contributed by atoms with van der Waals surface area (Å²) in [5, 5.41) is 2.53. The Bertz CT molecular complexity index is 298. The SMILES string of the molecule is CCCNC(=O)OC1CCS(=O)(=O)C1. The van der Waals surface area contributed by atoms with E-state index in [4.69, 9.17) is 4.74 Å². The zero-order valence-electron chi connectivity index (χ0n) is 8.15. The highest BCUT2D eigenvalue weighted by atomic mass is 32.2. The fourth-order valence-electron chi connectivity index (χ4n) is 1.27. The Kier molecular flexibility index (Phi) is 3.74. The standard InChI is InChI=1S/C8H15NO4S/c1-2-4-9-8(10)13-7-3-5-14(11,12)6-7/h7H,2-6H2,1H3,(H,9,10). The maximum Gasteiger partial charge on any atom is 0.407 e. The van der Waals surface area contributed by atoms with Crippen LogP contribution in [0.15, 0.2) is 0 Å². The van der Waals surface area contributed by atoms with E-state index in [0.717, 1.165) is 6.42 Å². The number of carbonyl (C=O) groups excluding carboxylic acids is 1. The zero-order chi connectivity index (χ0) is 10.6. The lowest BCUT2D eigenvalue weighted by Gasteiger charge is -2.10. The molecule has 1 heterocycles. The second kappa shape index (κ2) is 4.63. The molecular weight excluding hydrogens is 206 g/mol. The molecule has 0 spiro atoms. The second-order valence-electron chi connectivity index (χ2n) is 3.36. The molecule has 0 aromatic heterocycles. The third-order valence-electron chi connectivity index (χ3n) is 1.98. The molecule has 1 rings (SSSR count). The molecule has 1 amide bonds. The van der Waals surface area contributed by atoms with E-state index < -0.39 is 22.0 Å². The minimum atomic E-state index is -2.97. The Labute approximate surface area is 83.7 Å². The molecule has 0 aromatic rings. The van der Waals surface area contributed by atoms with Crippen molar-refractivity contribution in [2.24, 2.45) is 0 Å². The predicted octanol–water partition coefficient (Wildman–Crippen LogP) is 0.310. The number of carbonyl (C=O) groups is 1. The number of ether oxygens (including phenoxy) is 1. The van der Waals surface area contributed by atoms with Gasteiger partial charge in [0, 0.05) is 6.54 Å². The predicted molar refractivity (Wildman–Crippen MR) is 51.8 cm³/mol. The molecule has 6 heteroatoms. The molecule has 0 saturated carbocycles. The average Bonchev–Trinajstić information content (AvgIpc) is 2.42. The number of sulfone groups is 1. The van der Waals surface area contributed by atoms with Crippen LogP contribution in [0.5, 0.6) is 0 Å². The number of hydrogen-bond acceptors (Lipinski definition) is 4. The molecule has 1 fully saturated rings. The van der Waals surface area contributed by atoms with E-state index in [-0.39, 0.29) is 11.5 Å². The van der Waals surface area contributed by atoms with E-state index in [2.05, 4.69) is 5.32 Å². The van der Waals surface area contributed by atoms with Gasteiger partial charge in [0.15, 0.2) is 9.84 Å². The highest BCUT2D eigenvalue weighted by Crippen LogP contribution is 2.14. The largest absolute Gasteiger partial charge is 0.445 e. The van der Waals surface area contributed by atoms with Gasteiger partial charge in [0.25, 0.3) is 0 Å². The van der Waals surface area contributed by atoms with Crippen LogP contribution in [-0.4, -0.2) is 38.7 Å². The molecule has 1 saturated heterocycles. The van der Waals surface area contributed by atoms with Crippen molar-refractivity contribution in [1.82, 2.24) is 5.32 Å². The van der Waals surface area contributed by atoms with E-state index in [1.807, 2.05) is 6.92 Å². The maximum atomic E-state index is 11.0. The molecule has 0 bridgehead atoms. The lowest BCUT2D eigenvalue weighted by molar-refractivity contribution is 0.110. The van der Waals surface area contributed by atoms with Crippen LogP contribution >= 0.6 is 0 Å². The Morgan fingerprint density at radius 3 is 2.79 bits per heavy atom. The summed E-state index contributed by atoms with van der Waals surface area (Å²) < 4.78 is 27.0. The fourth-order valence-corrected chi connectivity index (χ4v) is 2.86.